The summed E-state index contributed by atoms with van der Waals surface area (Å²) in [4.78, 5) is 10.6. The van der Waals surface area contributed by atoms with Crippen molar-refractivity contribution in [1.29, 1.82) is 0 Å². The van der Waals surface area contributed by atoms with Gasteiger partial charge in [-0.15, -0.1) is 0 Å². The molecular formula is C9H10INO2. The molecule has 1 unspecified atom stereocenters. The lowest BCUT2D eigenvalue weighted by Gasteiger charge is -2.13. The van der Waals surface area contributed by atoms with E-state index in [9.17, 15) is 4.79 Å². The number of carboxylic acids is 1. The third-order valence-corrected chi connectivity index (χ3v) is 3.21. The van der Waals surface area contributed by atoms with Gasteiger partial charge in [0.2, 0.25) is 0 Å². The molecule has 2 atom stereocenters. The van der Waals surface area contributed by atoms with E-state index in [0.717, 1.165) is 5.56 Å². The molecule has 0 aliphatic heterocycles. The van der Waals surface area contributed by atoms with Gasteiger partial charge in [-0.1, -0.05) is 52.9 Å². The molecule has 4 heteroatoms. The molecule has 0 bridgehead atoms. The van der Waals surface area contributed by atoms with Crippen LogP contribution < -0.4 is 5.73 Å². The Kier molecular flexibility index (Phi) is 3.68. The topological polar surface area (TPSA) is 63.3 Å². The molecule has 3 N–H and O–H groups in total. The highest BCUT2D eigenvalue weighted by Gasteiger charge is 2.22. The lowest BCUT2D eigenvalue weighted by molar-refractivity contribution is -0.138. The van der Waals surface area contributed by atoms with E-state index in [2.05, 4.69) is 0 Å². The second kappa shape index (κ2) is 4.57. The van der Waals surface area contributed by atoms with Gasteiger partial charge in [0.25, 0.3) is 0 Å². The molecular weight excluding hydrogens is 281 g/mol. The number of halogens is 1. The third kappa shape index (κ3) is 2.67. The normalized spacial score (nSPS) is 14.9. The van der Waals surface area contributed by atoms with Gasteiger partial charge in [0.15, 0.2) is 0 Å². The SMILES string of the molecule is NC(C(=O)O)[C@H](I)c1ccccc1. The minimum atomic E-state index is -0.969. The molecule has 0 heterocycles. The number of hydrogen-bond acceptors (Lipinski definition) is 2. The first-order chi connectivity index (χ1) is 6.13. The van der Waals surface area contributed by atoms with Crippen LogP contribution in [-0.4, -0.2) is 17.1 Å². The van der Waals surface area contributed by atoms with Crippen LogP contribution in [0.25, 0.3) is 0 Å². The van der Waals surface area contributed by atoms with Gasteiger partial charge < -0.3 is 10.8 Å². The fourth-order valence-corrected chi connectivity index (χ4v) is 1.69. The predicted octanol–water partition coefficient (Wildman–Crippen LogP) is 1.57. The van der Waals surface area contributed by atoms with Crippen molar-refractivity contribution in [1.82, 2.24) is 0 Å². The van der Waals surface area contributed by atoms with Crippen LogP contribution in [0.1, 0.15) is 9.49 Å². The Morgan fingerprint density at radius 1 is 1.38 bits per heavy atom. The van der Waals surface area contributed by atoms with E-state index >= 15 is 0 Å². The summed E-state index contributed by atoms with van der Waals surface area (Å²) in [5.41, 5.74) is 6.43. The summed E-state index contributed by atoms with van der Waals surface area (Å²) in [6, 6.07) is 8.53. The van der Waals surface area contributed by atoms with Gasteiger partial charge in [-0.2, -0.15) is 0 Å². The van der Waals surface area contributed by atoms with Gasteiger partial charge in [0, 0.05) is 0 Å². The number of rotatable bonds is 3. The Morgan fingerprint density at radius 2 is 1.92 bits per heavy atom. The number of carbonyl (C=O) groups is 1. The fourth-order valence-electron chi connectivity index (χ4n) is 0.969. The highest BCUT2D eigenvalue weighted by atomic mass is 127. The third-order valence-electron chi connectivity index (χ3n) is 1.72. The molecule has 0 amide bonds. The van der Waals surface area contributed by atoms with E-state index in [0.29, 0.717) is 0 Å². The minimum absolute atomic E-state index is 0.184. The molecule has 1 aromatic carbocycles. The summed E-state index contributed by atoms with van der Waals surface area (Å²) < 4.78 is -0.184. The fraction of sp³-hybridized carbons (Fsp3) is 0.222. The smallest absolute Gasteiger partial charge is 0.321 e. The van der Waals surface area contributed by atoms with Crippen molar-refractivity contribution in [3.63, 3.8) is 0 Å². The average Bonchev–Trinajstić information content (AvgIpc) is 2.17. The molecule has 0 saturated carbocycles. The molecule has 0 fully saturated rings. The van der Waals surface area contributed by atoms with Crippen LogP contribution in [0.15, 0.2) is 30.3 Å². The van der Waals surface area contributed by atoms with Crippen LogP contribution in [0.5, 0.6) is 0 Å². The Labute approximate surface area is 90.1 Å². The van der Waals surface area contributed by atoms with Crippen molar-refractivity contribution in [2.24, 2.45) is 5.73 Å². The van der Waals surface area contributed by atoms with Gasteiger partial charge in [0.1, 0.15) is 6.04 Å². The zero-order chi connectivity index (χ0) is 9.84. The van der Waals surface area contributed by atoms with Crippen molar-refractivity contribution in [3.8, 4) is 0 Å². The van der Waals surface area contributed by atoms with Crippen LogP contribution in [0.3, 0.4) is 0 Å². The van der Waals surface area contributed by atoms with E-state index < -0.39 is 12.0 Å². The Hall–Kier alpha value is -0.620. The maximum atomic E-state index is 10.6. The lowest BCUT2D eigenvalue weighted by atomic mass is 10.1. The van der Waals surface area contributed by atoms with Crippen molar-refractivity contribution >= 4 is 28.6 Å². The Balaban J connectivity index is 2.79. The second-order valence-electron chi connectivity index (χ2n) is 2.68. The van der Waals surface area contributed by atoms with Crippen molar-refractivity contribution in [2.75, 3.05) is 0 Å². The molecule has 1 rings (SSSR count). The molecule has 70 valence electrons. The number of nitrogens with two attached hydrogens (primary N) is 1. The number of carboxylic acid groups (broad SMARTS) is 1. The average molecular weight is 291 g/mol. The molecule has 0 aliphatic carbocycles. The van der Waals surface area contributed by atoms with Crippen LogP contribution in [0.4, 0.5) is 0 Å². The number of aliphatic carboxylic acids is 1. The molecule has 3 nitrogen and oxygen atoms in total. The summed E-state index contributed by atoms with van der Waals surface area (Å²) in [5, 5.41) is 8.68. The van der Waals surface area contributed by atoms with Crippen molar-refractivity contribution in [3.05, 3.63) is 35.9 Å². The largest absolute Gasteiger partial charge is 0.480 e. The summed E-state index contributed by atoms with van der Waals surface area (Å²) in [5.74, 6) is -0.969. The molecule has 0 saturated heterocycles. The van der Waals surface area contributed by atoms with E-state index in [1.54, 1.807) is 0 Å². The summed E-state index contributed by atoms with van der Waals surface area (Å²) in [7, 11) is 0. The summed E-state index contributed by atoms with van der Waals surface area (Å²) >= 11 is 2.04. The monoisotopic (exact) mass is 291 g/mol. The number of hydrogen-bond donors (Lipinski definition) is 2. The van der Waals surface area contributed by atoms with E-state index in [1.807, 2.05) is 52.9 Å². The van der Waals surface area contributed by atoms with Gasteiger partial charge >= 0.3 is 5.97 Å². The van der Waals surface area contributed by atoms with Gasteiger partial charge in [-0.05, 0) is 5.56 Å². The molecule has 1 aromatic rings. The van der Waals surface area contributed by atoms with Crippen molar-refractivity contribution < 1.29 is 9.90 Å². The van der Waals surface area contributed by atoms with Crippen LogP contribution in [0.2, 0.25) is 0 Å². The maximum absolute atomic E-state index is 10.6. The molecule has 0 aromatic heterocycles. The van der Waals surface area contributed by atoms with E-state index in [1.165, 1.54) is 0 Å². The zero-order valence-electron chi connectivity index (χ0n) is 6.85. The minimum Gasteiger partial charge on any atom is -0.480 e. The number of benzene rings is 1. The predicted molar refractivity (Wildman–Crippen MR) is 58.8 cm³/mol. The lowest BCUT2D eigenvalue weighted by Crippen LogP contribution is -2.33. The molecule has 0 radical (unpaired) electrons. The highest BCUT2D eigenvalue weighted by Crippen LogP contribution is 2.25. The van der Waals surface area contributed by atoms with Gasteiger partial charge in [0.05, 0.1) is 3.92 Å². The first kappa shape index (κ1) is 10.5. The van der Waals surface area contributed by atoms with E-state index in [4.69, 9.17) is 10.8 Å². The number of alkyl halides is 1. The highest BCUT2D eigenvalue weighted by molar-refractivity contribution is 14.1. The van der Waals surface area contributed by atoms with Gasteiger partial charge in [-0.3, -0.25) is 4.79 Å². The molecule has 0 aliphatic rings. The van der Waals surface area contributed by atoms with E-state index in [-0.39, 0.29) is 3.92 Å². The summed E-state index contributed by atoms with van der Waals surface area (Å²) in [6.45, 7) is 0. The van der Waals surface area contributed by atoms with Crippen LogP contribution in [0, 0.1) is 0 Å². The molecule has 0 spiro atoms. The van der Waals surface area contributed by atoms with Gasteiger partial charge in [-0.25, -0.2) is 0 Å². The first-order valence-electron chi connectivity index (χ1n) is 3.80. The Bertz CT molecular complexity index is 289. The van der Waals surface area contributed by atoms with Crippen LogP contribution in [-0.2, 0) is 4.79 Å². The van der Waals surface area contributed by atoms with Crippen molar-refractivity contribution in [2.45, 2.75) is 9.97 Å². The summed E-state index contributed by atoms with van der Waals surface area (Å²) in [6.07, 6.45) is 0. The van der Waals surface area contributed by atoms with Crippen LogP contribution >= 0.6 is 22.6 Å². The second-order valence-corrected chi connectivity index (χ2v) is 4.02. The zero-order valence-corrected chi connectivity index (χ0v) is 9.01. The molecule has 13 heavy (non-hydrogen) atoms. The maximum Gasteiger partial charge on any atom is 0.321 e. The quantitative estimate of drug-likeness (QED) is 0.656. The standard InChI is InChI=1S/C9H10INO2/c10-7(8(11)9(12)13)6-4-2-1-3-5-6/h1-5,7-8H,11H2,(H,12,13)/t7-,8?/m1/s1. The first-order valence-corrected chi connectivity index (χ1v) is 5.05. The Morgan fingerprint density at radius 3 is 2.38 bits per heavy atom.